The fourth-order valence-electron chi connectivity index (χ4n) is 11.0. The summed E-state index contributed by atoms with van der Waals surface area (Å²) in [5, 5.41) is 51.8. The number of hydrogen-bond donors (Lipinski definition) is 0. The van der Waals surface area contributed by atoms with Crippen LogP contribution in [0.1, 0.15) is 127 Å². The number of fused-ring (bicyclic) bond motifs is 3. The third-order valence-corrected chi connectivity index (χ3v) is 16.5. The minimum absolute atomic E-state index is 0.152. The number of pyridine rings is 3. The third-order valence-electron chi connectivity index (χ3n) is 16.5. The highest BCUT2D eigenvalue weighted by molar-refractivity contribution is 5.72. The molecule has 0 N–H and O–H groups in total. The van der Waals surface area contributed by atoms with E-state index in [1.165, 1.54) is 0 Å². The standard InChI is InChI=1S/3C22H20N4O/c1-14-11-21-22(25-26-27-21)19(15(14)2)10-9-18-8-7-17(13-24-18)20-6-4-3-5-16(20)12-23;1-14-11-21-22(27-26-25-21)19(15(14)2)10-9-18-8-7-17(13-24-18)20-6-4-3-5-16(20)12-23;1-14-11-21-22(26-27-25-21)19(15(14)2)10-9-18-8-7-17(13-24-18)20-6-4-3-5-16(20)12-23/h3*3-10,13-15,19H,11H2,1-2H3/b3*10-9+/t3*14-,15+,19-/m000/s1. The van der Waals surface area contributed by atoms with E-state index >= 15 is 0 Å². The van der Waals surface area contributed by atoms with Crippen LogP contribution in [0.25, 0.3) is 51.6 Å². The van der Waals surface area contributed by atoms with Crippen LogP contribution in [0.4, 0.5) is 0 Å². The van der Waals surface area contributed by atoms with Gasteiger partial charge < -0.3 is 9.05 Å². The molecular formula is C66H60N12O3. The van der Waals surface area contributed by atoms with Gasteiger partial charge in [-0.05, 0) is 103 Å². The van der Waals surface area contributed by atoms with Gasteiger partial charge in [0.15, 0.2) is 11.5 Å². The Kier molecular flexibility index (Phi) is 16.8. The fraction of sp³-hybridized carbons (Fsp3) is 0.273. The summed E-state index contributed by atoms with van der Waals surface area (Å²) in [6.45, 7) is 13.4. The van der Waals surface area contributed by atoms with E-state index in [4.69, 9.17) is 13.7 Å². The van der Waals surface area contributed by atoms with Gasteiger partial charge in [0.1, 0.15) is 22.8 Å². The number of benzene rings is 3. The molecule has 0 spiro atoms. The van der Waals surface area contributed by atoms with Crippen molar-refractivity contribution < 1.29 is 13.7 Å². The molecule has 0 fully saturated rings. The van der Waals surface area contributed by atoms with Gasteiger partial charge in [-0.2, -0.15) is 15.8 Å². The van der Waals surface area contributed by atoms with E-state index in [-0.39, 0.29) is 17.8 Å². The molecule has 0 radical (unpaired) electrons. The molecule has 15 heteroatoms. The van der Waals surface area contributed by atoms with E-state index < -0.39 is 0 Å². The largest absolute Gasteiger partial charge is 0.342 e. The average Bonchev–Trinajstić information content (AvgIpc) is 4.42. The topological polar surface area (TPSA) is 227 Å². The Hall–Kier alpha value is -9.78. The monoisotopic (exact) mass is 1070 g/mol. The maximum atomic E-state index is 9.27. The van der Waals surface area contributed by atoms with Crippen LogP contribution in [-0.4, -0.2) is 46.0 Å². The summed E-state index contributed by atoms with van der Waals surface area (Å²) in [4.78, 5) is 13.6. The normalized spacial score (nSPS) is 21.7. The van der Waals surface area contributed by atoms with Crippen LogP contribution in [0, 0.1) is 69.5 Å². The lowest BCUT2D eigenvalue weighted by Gasteiger charge is -2.29. The van der Waals surface area contributed by atoms with Gasteiger partial charge in [-0.25, -0.2) is 4.63 Å². The Morgan fingerprint density at radius 2 is 0.864 bits per heavy atom. The zero-order valence-electron chi connectivity index (χ0n) is 46.0. The molecule has 402 valence electrons. The molecule has 6 aromatic heterocycles. The second-order valence-corrected chi connectivity index (χ2v) is 21.4. The Labute approximate surface area is 471 Å². The zero-order valence-corrected chi connectivity index (χ0v) is 46.0. The molecule has 3 aliphatic carbocycles. The second-order valence-electron chi connectivity index (χ2n) is 21.4. The molecule has 0 saturated heterocycles. The lowest BCUT2D eigenvalue weighted by molar-refractivity contribution is 0.272. The molecule has 9 atom stereocenters. The summed E-state index contributed by atoms with van der Waals surface area (Å²) in [6, 6.07) is 41.3. The van der Waals surface area contributed by atoms with Gasteiger partial charge in [0, 0.05) is 86.7 Å². The van der Waals surface area contributed by atoms with Gasteiger partial charge in [-0.1, -0.05) is 143 Å². The second kappa shape index (κ2) is 24.9. The molecule has 0 aliphatic heterocycles. The Morgan fingerprint density at radius 3 is 1.33 bits per heavy atom. The summed E-state index contributed by atoms with van der Waals surface area (Å²) < 4.78 is 15.7. The van der Waals surface area contributed by atoms with Crippen LogP contribution in [0.15, 0.2) is 160 Å². The van der Waals surface area contributed by atoms with E-state index in [2.05, 4.69) is 124 Å². The molecule has 6 heterocycles. The van der Waals surface area contributed by atoms with Crippen LogP contribution < -0.4 is 0 Å². The first-order valence-corrected chi connectivity index (χ1v) is 27.4. The van der Waals surface area contributed by atoms with Crippen molar-refractivity contribution >= 4 is 18.2 Å². The van der Waals surface area contributed by atoms with Crippen molar-refractivity contribution in [2.45, 2.75) is 78.6 Å². The maximum Gasteiger partial charge on any atom is 0.167 e. The molecule has 12 rings (SSSR count). The first-order chi connectivity index (χ1) is 39.5. The van der Waals surface area contributed by atoms with Gasteiger partial charge in [-0.15, -0.1) is 10.2 Å². The van der Waals surface area contributed by atoms with E-state index in [9.17, 15) is 15.8 Å². The van der Waals surface area contributed by atoms with Crippen molar-refractivity contribution in [3.8, 4) is 51.6 Å². The van der Waals surface area contributed by atoms with Crippen LogP contribution in [0.3, 0.4) is 0 Å². The van der Waals surface area contributed by atoms with Crippen LogP contribution in [0.2, 0.25) is 0 Å². The summed E-state index contributed by atoms with van der Waals surface area (Å²) in [5.74, 6) is 5.21. The van der Waals surface area contributed by atoms with Gasteiger partial charge in [0.25, 0.3) is 0 Å². The lowest BCUT2D eigenvalue weighted by Crippen LogP contribution is -2.24. The zero-order chi connectivity index (χ0) is 56.4. The fourth-order valence-corrected chi connectivity index (χ4v) is 11.0. The molecule has 0 unspecified atom stereocenters. The Morgan fingerprint density at radius 1 is 0.444 bits per heavy atom. The first-order valence-electron chi connectivity index (χ1n) is 27.4. The van der Waals surface area contributed by atoms with E-state index in [1.54, 1.807) is 0 Å². The van der Waals surface area contributed by atoms with Crippen LogP contribution in [0.5, 0.6) is 0 Å². The molecule has 9 aromatic rings. The van der Waals surface area contributed by atoms with Crippen molar-refractivity contribution in [1.82, 2.24) is 46.0 Å². The minimum Gasteiger partial charge on any atom is -0.342 e. The SMILES string of the molecule is C[C@H]1[C@H](/C=C/c2ccc(-c3ccccc3C#N)cn2)c2nnoc2C[C@@H]1C.C[C@H]1[C@H](/C=C/c2ccc(-c3ccccc3C#N)cn2)c2nonc2C[C@@H]1C.C[C@H]1[C@H](/C=C/c2ccc(-c3ccccc3C#N)cn2)c2onnc2C[C@@H]1C. The minimum atomic E-state index is 0.152. The van der Waals surface area contributed by atoms with Crippen molar-refractivity contribution in [3.05, 3.63) is 214 Å². The number of nitrogens with zero attached hydrogens (tertiary/aromatic N) is 12. The summed E-state index contributed by atoms with van der Waals surface area (Å²) in [7, 11) is 0. The van der Waals surface area contributed by atoms with Crippen LogP contribution in [-0.2, 0) is 19.3 Å². The van der Waals surface area contributed by atoms with Crippen molar-refractivity contribution in [2.24, 2.45) is 35.5 Å². The van der Waals surface area contributed by atoms with Crippen molar-refractivity contribution in [3.63, 3.8) is 0 Å². The van der Waals surface area contributed by atoms with E-state index in [0.717, 1.165) is 104 Å². The van der Waals surface area contributed by atoms with Crippen LogP contribution >= 0.6 is 0 Å². The summed E-state index contributed by atoms with van der Waals surface area (Å²) in [5.41, 5.74) is 13.9. The number of allylic oxidation sites excluding steroid dienone is 3. The average molecular weight is 1070 g/mol. The predicted molar refractivity (Wildman–Crippen MR) is 307 cm³/mol. The highest BCUT2D eigenvalue weighted by Crippen LogP contribution is 2.42. The molecular weight excluding hydrogens is 1010 g/mol. The number of rotatable bonds is 9. The van der Waals surface area contributed by atoms with Gasteiger partial charge in [0.05, 0.1) is 52.0 Å². The number of aromatic nitrogens is 9. The predicted octanol–water partition coefficient (Wildman–Crippen LogP) is 13.9. The van der Waals surface area contributed by atoms with E-state index in [1.807, 2.05) is 146 Å². The summed E-state index contributed by atoms with van der Waals surface area (Å²) >= 11 is 0. The highest BCUT2D eigenvalue weighted by atomic mass is 16.6. The lowest BCUT2D eigenvalue weighted by atomic mass is 9.74. The van der Waals surface area contributed by atoms with Gasteiger partial charge in [0.2, 0.25) is 0 Å². The van der Waals surface area contributed by atoms with Gasteiger partial charge >= 0.3 is 0 Å². The first kappa shape index (κ1) is 54.6. The molecule has 3 aliphatic rings. The van der Waals surface area contributed by atoms with Gasteiger partial charge in [-0.3, -0.25) is 15.0 Å². The quantitative estimate of drug-likeness (QED) is 0.131. The third kappa shape index (κ3) is 12.1. The van der Waals surface area contributed by atoms with Crippen molar-refractivity contribution in [1.29, 1.82) is 15.8 Å². The molecule has 0 amide bonds. The smallest absolute Gasteiger partial charge is 0.167 e. The molecule has 81 heavy (non-hydrogen) atoms. The molecule has 0 saturated carbocycles. The maximum absolute atomic E-state index is 9.27. The Bertz CT molecular complexity index is 3440. The highest BCUT2D eigenvalue weighted by Gasteiger charge is 2.36. The number of nitriles is 3. The van der Waals surface area contributed by atoms with Crippen molar-refractivity contribution in [2.75, 3.05) is 0 Å². The molecule has 15 nitrogen and oxygen atoms in total. The number of hydrogen-bond acceptors (Lipinski definition) is 15. The Balaban J connectivity index is 0.000000136. The summed E-state index contributed by atoms with van der Waals surface area (Å²) in [6.07, 6.45) is 20.6. The van der Waals surface area contributed by atoms with E-state index in [0.29, 0.717) is 52.2 Å². The molecule has 0 bridgehead atoms. The molecule has 3 aromatic carbocycles.